The van der Waals surface area contributed by atoms with Gasteiger partial charge in [0.05, 0.1) is 5.56 Å². The van der Waals surface area contributed by atoms with Crippen LogP contribution in [0.3, 0.4) is 0 Å². The molecule has 1 aromatic carbocycles. The third-order valence-corrected chi connectivity index (χ3v) is 1.40. The summed E-state index contributed by atoms with van der Waals surface area (Å²) >= 11 is 0. The van der Waals surface area contributed by atoms with E-state index in [1.807, 2.05) is 0 Å². The second-order valence-electron chi connectivity index (χ2n) is 2.20. The summed E-state index contributed by atoms with van der Waals surface area (Å²) in [6.07, 6.45) is -2.43. The molecule has 1 rings (SSSR count). The van der Waals surface area contributed by atoms with Crippen molar-refractivity contribution in [2.75, 3.05) is 0 Å². The van der Waals surface area contributed by atoms with Gasteiger partial charge in [-0.15, -0.1) is 0 Å². The topological polar surface area (TPSA) is 17.1 Å². The summed E-state index contributed by atoms with van der Waals surface area (Å²) in [5.74, 6) is -0.914. The molecule has 0 bridgehead atoms. The Morgan fingerprint density at radius 1 is 1.33 bits per heavy atom. The van der Waals surface area contributed by atoms with E-state index >= 15 is 0 Å². The number of benzene rings is 1. The molecule has 0 saturated heterocycles. The maximum atomic E-state index is 12.6. The van der Waals surface area contributed by atoms with Crippen LogP contribution in [0.5, 0.6) is 0 Å². The van der Waals surface area contributed by atoms with E-state index in [2.05, 4.69) is 0 Å². The molecule has 0 heterocycles. The quantitative estimate of drug-likeness (QED) is 0.629. The van der Waals surface area contributed by atoms with E-state index in [4.69, 9.17) is 0 Å². The predicted molar refractivity (Wildman–Crippen MR) is 36.7 cm³/mol. The molecule has 1 aromatic rings. The monoisotopic (exact) mass is 174 g/mol. The number of aldehydes is 1. The van der Waals surface area contributed by atoms with Crippen LogP contribution < -0.4 is 0 Å². The number of carbonyl (C=O) groups is 1. The van der Waals surface area contributed by atoms with Crippen LogP contribution >= 0.6 is 0 Å². The number of halogens is 3. The minimum Gasteiger partial charge on any atom is -0.298 e. The van der Waals surface area contributed by atoms with E-state index in [1.165, 1.54) is 0 Å². The van der Waals surface area contributed by atoms with Gasteiger partial charge in [0.15, 0.2) is 6.29 Å². The van der Waals surface area contributed by atoms with Crippen molar-refractivity contribution in [1.29, 1.82) is 0 Å². The fourth-order valence-electron chi connectivity index (χ4n) is 0.775. The maximum absolute atomic E-state index is 12.6. The molecule has 1 nitrogen and oxygen atoms in total. The smallest absolute Gasteiger partial charge is 0.263 e. The van der Waals surface area contributed by atoms with Crippen LogP contribution in [0.25, 0.3) is 0 Å². The van der Waals surface area contributed by atoms with Gasteiger partial charge in [-0.1, -0.05) is 6.07 Å². The van der Waals surface area contributed by atoms with Crippen LogP contribution in [0.2, 0.25) is 0 Å². The molecule has 4 heteroatoms. The fraction of sp³-hybridized carbons (Fsp3) is 0.125. The highest BCUT2D eigenvalue weighted by atomic mass is 19.3. The molecule has 0 atom stereocenters. The molecule has 0 aliphatic heterocycles. The Morgan fingerprint density at radius 3 is 2.42 bits per heavy atom. The summed E-state index contributed by atoms with van der Waals surface area (Å²) in [5, 5.41) is 0. The van der Waals surface area contributed by atoms with Crippen molar-refractivity contribution < 1.29 is 18.0 Å². The van der Waals surface area contributed by atoms with E-state index < -0.39 is 17.8 Å². The lowest BCUT2D eigenvalue weighted by molar-refractivity contribution is 0.111. The average Bonchev–Trinajstić information content (AvgIpc) is 2.04. The number of hydrogen-bond acceptors (Lipinski definition) is 1. The van der Waals surface area contributed by atoms with Gasteiger partial charge < -0.3 is 0 Å². The molecule has 0 amide bonds. The Labute approximate surface area is 66.8 Å². The summed E-state index contributed by atoms with van der Waals surface area (Å²) in [6, 6.07) is 2.72. The first-order valence-electron chi connectivity index (χ1n) is 3.18. The van der Waals surface area contributed by atoms with Gasteiger partial charge in [-0.2, -0.15) is 0 Å². The summed E-state index contributed by atoms with van der Waals surface area (Å²) in [4.78, 5) is 10.1. The Kier molecular flexibility index (Phi) is 2.47. The van der Waals surface area contributed by atoms with Crippen molar-refractivity contribution >= 4 is 6.29 Å². The zero-order valence-corrected chi connectivity index (χ0v) is 5.93. The van der Waals surface area contributed by atoms with Crippen molar-refractivity contribution in [2.24, 2.45) is 0 Å². The van der Waals surface area contributed by atoms with E-state index in [0.29, 0.717) is 6.07 Å². The molecule has 0 saturated carbocycles. The van der Waals surface area contributed by atoms with Crippen molar-refractivity contribution in [3.63, 3.8) is 0 Å². The van der Waals surface area contributed by atoms with Crippen LogP contribution in [-0.4, -0.2) is 6.29 Å². The minimum atomic E-state index is -2.71. The molecule has 0 unspecified atom stereocenters. The van der Waals surface area contributed by atoms with Crippen LogP contribution in [0.15, 0.2) is 18.2 Å². The first-order valence-corrected chi connectivity index (χ1v) is 3.18. The van der Waals surface area contributed by atoms with Crippen LogP contribution in [0.1, 0.15) is 22.3 Å². The normalized spacial score (nSPS) is 10.3. The SMILES string of the molecule is O=Cc1ccc(C(F)F)cc1F. The lowest BCUT2D eigenvalue weighted by Gasteiger charge is -1.99. The molecule has 0 aliphatic carbocycles. The van der Waals surface area contributed by atoms with Crippen molar-refractivity contribution in [2.45, 2.75) is 6.43 Å². The molecule has 0 radical (unpaired) electrons. The van der Waals surface area contributed by atoms with Gasteiger partial charge in [0.25, 0.3) is 6.43 Å². The van der Waals surface area contributed by atoms with Gasteiger partial charge in [0, 0.05) is 5.56 Å². The summed E-state index contributed by atoms with van der Waals surface area (Å²) in [6.45, 7) is 0. The standard InChI is InChI=1S/C8H5F3O/c9-7-3-5(8(10)11)1-2-6(7)4-12/h1-4,8H. The summed E-state index contributed by atoms with van der Waals surface area (Å²) < 4.78 is 36.5. The third kappa shape index (κ3) is 1.64. The zero-order valence-electron chi connectivity index (χ0n) is 5.93. The van der Waals surface area contributed by atoms with Crippen LogP contribution in [0, 0.1) is 5.82 Å². The first kappa shape index (κ1) is 8.77. The molecule has 0 aromatic heterocycles. The van der Waals surface area contributed by atoms with E-state index in [9.17, 15) is 18.0 Å². The number of alkyl halides is 2. The lowest BCUT2D eigenvalue weighted by atomic mass is 10.1. The maximum Gasteiger partial charge on any atom is 0.263 e. The van der Waals surface area contributed by atoms with Gasteiger partial charge in [-0.05, 0) is 12.1 Å². The molecule has 12 heavy (non-hydrogen) atoms. The van der Waals surface area contributed by atoms with Crippen LogP contribution in [-0.2, 0) is 0 Å². The molecular weight excluding hydrogens is 169 g/mol. The highest BCUT2D eigenvalue weighted by Crippen LogP contribution is 2.20. The Hall–Kier alpha value is -1.32. The number of carbonyl (C=O) groups excluding carboxylic acids is 1. The molecule has 0 spiro atoms. The van der Waals surface area contributed by atoms with E-state index in [-0.39, 0.29) is 11.8 Å². The van der Waals surface area contributed by atoms with E-state index in [0.717, 1.165) is 12.1 Å². The zero-order chi connectivity index (χ0) is 9.14. The number of hydrogen-bond donors (Lipinski definition) is 0. The van der Waals surface area contributed by atoms with Gasteiger partial charge in [0.1, 0.15) is 5.82 Å². The second-order valence-corrected chi connectivity index (χ2v) is 2.20. The largest absolute Gasteiger partial charge is 0.298 e. The molecule has 0 N–H and O–H groups in total. The Morgan fingerprint density at radius 2 is 2.00 bits per heavy atom. The van der Waals surface area contributed by atoms with Crippen molar-refractivity contribution in [3.8, 4) is 0 Å². The lowest BCUT2D eigenvalue weighted by Crippen LogP contribution is -1.91. The molecule has 0 fully saturated rings. The number of rotatable bonds is 2. The van der Waals surface area contributed by atoms with E-state index in [1.54, 1.807) is 0 Å². The van der Waals surface area contributed by atoms with Crippen LogP contribution in [0.4, 0.5) is 13.2 Å². The van der Waals surface area contributed by atoms with Gasteiger partial charge in [-0.25, -0.2) is 13.2 Å². The van der Waals surface area contributed by atoms with Gasteiger partial charge in [-0.3, -0.25) is 4.79 Å². The highest BCUT2D eigenvalue weighted by Gasteiger charge is 2.09. The van der Waals surface area contributed by atoms with Crippen molar-refractivity contribution in [1.82, 2.24) is 0 Å². The minimum absolute atomic E-state index is 0.209. The highest BCUT2D eigenvalue weighted by molar-refractivity contribution is 5.75. The molecule has 64 valence electrons. The average molecular weight is 174 g/mol. The Bertz CT molecular complexity index is 296. The second kappa shape index (κ2) is 3.38. The predicted octanol–water partition coefficient (Wildman–Crippen LogP) is 2.58. The summed E-state index contributed by atoms with van der Waals surface area (Å²) in [5.41, 5.74) is -0.627. The fourth-order valence-corrected chi connectivity index (χ4v) is 0.775. The first-order chi connectivity index (χ1) is 5.65. The summed E-state index contributed by atoms with van der Waals surface area (Å²) in [7, 11) is 0. The third-order valence-electron chi connectivity index (χ3n) is 1.40. The molecular formula is C8H5F3O. The Balaban J connectivity index is 3.10. The van der Waals surface area contributed by atoms with Gasteiger partial charge in [0.2, 0.25) is 0 Å². The molecule has 0 aliphatic rings. The van der Waals surface area contributed by atoms with Crippen molar-refractivity contribution in [3.05, 3.63) is 35.1 Å². The van der Waals surface area contributed by atoms with Gasteiger partial charge >= 0.3 is 0 Å².